The summed E-state index contributed by atoms with van der Waals surface area (Å²) in [7, 11) is 0. The highest BCUT2D eigenvalue weighted by atomic mass is 14.7. The van der Waals surface area contributed by atoms with Crippen molar-refractivity contribution in [2.75, 3.05) is 0 Å². The van der Waals surface area contributed by atoms with Crippen LogP contribution in [0.3, 0.4) is 0 Å². The Labute approximate surface area is 94.8 Å². The molecule has 0 saturated heterocycles. The SMILES string of the molecule is CC1[C@H]2CC[C@H](C)[C@@]23CC[C@H](C3)C1(C)C. The van der Waals surface area contributed by atoms with Crippen molar-refractivity contribution in [3.63, 3.8) is 0 Å². The van der Waals surface area contributed by atoms with E-state index < -0.39 is 0 Å². The molecule has 0 nitrogen and oxygen atoms in total. The zero-order chi connectivity index (χ0) is 10.8. The van der Waals surface area contributed by atoms with Gasteiger partial charge >= 0.3 is 0 Å². The summed E-state index contributed by atoms with van der Waals surface area (Å²) in [5.41, 5.74) is 1.41. The fourth-order valence-electron chi connectivity index (χ4n) is 5.53. The van der Waals surface area contributed by atoms with Gasteiger partial charge in [-0.3, -0.25) is 0 Å². The van der Waals surface area contributed by atoms with E-state index in [9.17, 15) is 0 Å². The van der Waals surface area contributed by atoms with E-state index in [0.717, 1.165) is 29.1 Å². The molecule has 3 rings (SSSR count). The van der Waals surface area contributed by atoms with Crippen molar-refractivity contribution >= 4 is 0 Å². The first-order valence-corrected chi connectivity index (χ1v) is 6.98. The Balaban J connectivity index is 2.03. The molecule has 0 aliphatic heterocycles. The molecule has 0 aromatic rings. The fraction of sp³-hybridized carbons (Fsp3) is 1.00. The minimum absolute atomic E-state index is 0.620. The monoisotopic (exact) mass is 206 g/mol. The number of fused-ring (bicyclic) bond motifs is 1. The standard InChI is InChI=1S/C15H26/c1-10-5-6-13-11(2)14(3,4)12-7-8-15(10,13)9-12/h10-13H,5-9H2,1-4H3/t10-,11?,12+,13+,15-/m0/s1. The van der Waals surface area contributed by atoms with Crippen molar-refractivity contribution in [3.8, 4) is 0 Å². The highest BCUT2D eigenvalue weighted by Gasteiger charge is 2.61. The summed E-state index contributed by atoms with van der Waals surface area (Å²) in [6.45, 7) is 10.2. The van der Waals surface area contributed by atoms with Gasteiger partial charge in [-0.15, -0.1) is 0 Å². The highest BCUT2D eigenvalue weighted by Crippen LogP contribution is 2.70. The average molecular weight is 206 g/mol. The Morgan fingerprint density at radius 1 is 1.00 bits per heavy atom. The van der Waals surface area contributed by atoms with Crippen LogP contribution in [0.2, 0.25) is 0 Å². The molecule has 0 N–H and O–H groups in total. The lowest BCUT2D eigenvalue weighted by atomic mass is 9.53. The molecule has 0 aromatic carbocycles. The van der Waals surface area contributed by atoms with E-state index in [4.69, 9.17) is 0 Å². The van der Waals surface area contributed by atoms with Gasteiger partial charge in [0, 0.05) is 0 Å². The van der Waals surface area contributed by atoms with Crippen LogP contribution >= 0.6 is 0 Å². The van der Waals surface area contributed by atoms with E-state index in [1.807, 2.05) is 0 Å². The van der Waals surface area contributed by atoms with Crippen LogP contribution in [-0.2, 0) is 0 Å². The zero-order valence-electron chi connectivity index (χ0n) is 10.8. The molecule has 0 heteroatoms. The molecule has 3 aliphatic carbocycles. The van der Waals surface area contributed by atoms with Crippen LogP contribution < -0.4 is 0 Å². The van der Waals surface area contributed by atoms with Gasteiger partial charge in [0.2, 0.25) is 0 Å². The normalized spacial score (nSPS) is 56.8. The van der Waals surface area contributed by atoms with Gasteiger partial charge in [0.25, 0.3) is 0 Å². The van der Waals surface area contributed by atoms with Gasteiger partial charge < -0.3 is 0 Å². The molecule has 1 unspecified atom stereocenters. The second kappa shape index (κ2) is 2.81. The summed E-state index contributed by atoms with van der Waals surface area (Å²) in [5, 5.41) is 0. The van der Waals surface area contributed by atoms with E-state index >= 15 is 0 Å². The molecular weight excluding hydrogens is 180 g/mol. The lowest BCUT2D eigenvalue weighted by Crippen LogP contribution is -2.45. The van der Waals surface area contributed by atoms with Crippen LogP contribution in [0.1, 0.15) is 59.8 Å². The van der Waals surface area contributed by atoms with Crippen molar-refractivity contribution in [1.29, 1.82) is 0 Å². The zero-order valence-corrected chi connectivity index (χ0v) is 10.8. The Bertz CT molecular complexity index is 278. The number of hydrogen-bond acceptors (Lipinski definition) is 0. The summed E-state index contributed by atoms with van der Waals surface area (Å²) in [4.78, 5) is 0. The van der Waals surface area contributed by atoms with Crippen LogP contribution in [0, 0.1) is 34.5 Å². The van der Waals surface area contributed by atoms with Crippen molar-refractivity contribution < 1.29 is 0 Å². The van der Waals surface area contributed by atoms with E-state index in [1.54, 1.807) is 12.8 Å². The quantitative estimate of drug-likeness (QED) is 0.547. The predicted molar refractivity (Wildman–Crippen MR) is 64.6 cm³/mol. The maximum atomic E-state index is 2.55. The van der Waals surface area contributed by atoms with Gasteiger partial charge in [0.1, 0.15) is 0 Å². The van der Waals surface area contributed by atoms with E-state index in [-0.39, 0.29) is 0 Å². The highest BCUT2D eigenvalue weighted by molar-refractivity contribution is 5.11. The Kier molecular flexibility index (Phi) is 1.91. The molecule has 86 valence electrons. The summed E-state index contributed by atoms with van der Waals surface area (Å²) < 4.78 is 0. The largest absolute Gasteiger partial charge is 0.0620 e. The van der Waals surface area contributed by atoms with Gasteiger partial charge in [-0.2, -0.15) is 0 Å². The van der Waals surface area contributed by atoms with Gasteiger partial charge in [-0.25, -0.2) is 0 Å². The van der Waals surface area contributed by atoms with Crippen molar-refractivity contribution in [2.24, 2.45) is 34.5 Å². The smallest absolute Gasteiger partial charge is 0.0238 e. The van der Waals surface area contributed by atoms with Crippen LogP contribution in [0.5, 0.6) is 0 Å². The minimum atomic E-state index is 0.620. The Morgan fingerprint density at radius 3 is 2.47 bits per heavy atom. The molecule has 3 fully saturated rings. The second-order valence-corrected chi connectivity index (χ2v) is 7.37. The third-order valence-corrected chi connectivity index (χ3v) is 7.04. The maximum Gasteiger partial charge on any atom is -0.0238 e. The topological polar surface area (TPSA) is 0 Å². The minimum Gasteiger partial charge on any atom is -0.0620 e. The molecule has 1 spiro atoms. The molecule has 0 amide bonds. The fourth-order valence-corrected chi connectivity index (χ4v) is 5.53. The Morgan fingerprint density at radius 2 is 1.73 bits per heavy atom. The molecule has 2 bridgehead atoms. The summed E-state index contributed by atoms with van der Waals surface area (Å²) in [6.07, 6.45) is 7.68. The van der Waals surface area contributed by atoms with Gasteiger partial charge in [0.15, 0.2) is 0 Å². The molecule has 3 aliphatic rings. The summed E-state index contributed by atoms with van der Waals surface area (Å²) >= 11 is 0. The van der Waals surface area contributed by atoms with Crippen LogP contribution in [-0.4, -0.2) is 0 Å². The van der Waals surface area contributed by atoms with Gasteiger partial charge in [-0.05, 0) is 66.6 Å². The molecule has 0 aromatic heterocycles. The third kappa shape index (κ3) is 1.04. The predicted octanol–water partition coefficient (Wildman–Crippen LogP) is 4.49. The van der Waals surface area contributed by atoms with Crippen molar-refractivity contribution in [1.82, 2.24) is 0 Å². The maximum absolute atomic E-state index is 2.55. The van der Waals surface area contributed by atoms with Crippen LogP contribution in [0.15, 0.2) is 0 Å². The van der Waals surface area contributed by atoms with Crippen molar-refractivity contribution in [3.05, 3.63) is 0 Å². The molecule has 5 atom stereocenters. The van der Waals surface area contributed by atoms with Crippen LogP contribution in [0.25, 0.3) is 0 Å². The first-order chi connectivity index (χ1) is 6.98. The Hall–Kier alpha value is 0. The molecular formula is C15H26. The van der Waals surface area contributed by atoms with E-state index in [0.29, 0.717) is 5.41 Å². The van der Waals surface area contributed by atoms with Gasteiger partial charge in [-0.1, -0.05) is 27.7 Å². The summed E-state index contributed by atoms with van der Waals surface area (Å²) in [5.74, 6) is 4.07. The van der Waals surface area contributed by atoms with Crippen LogP contribution in [0.4, 0.5) is 0 Å². The first kappa shape index (κ1) is 10.2. The second-order valence-electron chi connectivity index (χ2n) is 7.37. The summed E-state index contributed by atoms with van der Waals surface area (Å²) in [6, 6.07) is 0. The average Bonchev–Trinajstić information content (AvgIpc) is 2.72. The lowest BCUT2D eigenvalue weighted by molar-refractivity contribution is -0.0294. The number of rotatable bonds is 0. The van der Waals surface area contributed by atoms with Gasteiger partial charge in [0.05, 0.1) is 0 Å². The van der Waals surface area contributed by atoms with Crippen molar-refractivity contribution in [2.45, 2.75) is 59.8 Å². The molecule has 0 radical (unpaired) electrons. The first-order valence-electron chi connectivity index (χ1n) is 6.98. The number of hydrogen-bond donors (Lipinski definition) is 0. The lowest BCUT2D eigenvalue weighted by Gasteiger charge is -2.51. The van der Waals surface area contributed by atoms with E-state index in [2.05, 4.69) is 27.7 Å². The van der Waals surface area contributed by atoms with E-state index in [1.165, 1.54) is 19.3 Å². The molecule has 3 saturated carbocycles. The molecule has 15 heavy (non-hydrogen) atoms. The molecule has 0 heterocycles. The third-order valence-electron chi connectivity index (χ3n) is 7.04.